The third-order valence-corrected chi connectivity index (χ3v) is 5.08. The Morgan fingerprint density at radius 2 is 1.81 bits per heavy atom. The SMILES string of the molecule is CC(=O)Nc1ccc(NC(=O)C[C@@H]2SC(N3CCOCC3)=NC2=O)cc1. The second-order valence-electron chi connectivity index (χ2n) is 5.95. The number of ether oxygens (including phenoxy) is 1. The maximum Gasteiger partial charge on any atom is 0.262 e. The summed E-state index contributed by atoms with van der Waals surface area (Å²) in [6.45, 7) is 4.08. The van der Waals surface area contributed by atoms with Gasteiger partial charge in [-0.25, -0.2) is 0 Å². The van der Waals surface area contributed by atoms with Crippen molar-refractivity contribution < 1.29 is 19.1 Å². The molecule has 2 heterocycles. The molecule has 2 aliphatic rings. The van der Waals surface area contributed by atoms with Crippen LogP contribution in [-0.2, 0) is 19.1 Å². The van der Waals surface area contributed by atoms with Crippen molar-refractivity contribution in [1.29, 1.82) is 0 Å². The van der Waals surface area contributed by atoms with Gasteiger partial charge in [0.2, 0.25) is 11.8 Å². The van der Waals surface area contributed by atoms with Gasteiger partial charge in [0, 0.05) is 37.8 Å². The van der Waals surface area contributed by atoms with Crippen LogP contribution in [0.15, 0.2) is 29.3 Å². The molecular formula is C17H20N4O4S. The number of benzene rings is 1. The fourth-order valence-corrected chi connectivity index (χ4v) is 3.74. The first-order chi connectivity index (χ1) is 12.5. The third-order valence-electron chi connectivity index (χ3n) is 3.87. The number of carbonyl (C=O) groups is 3. The Morgan fingerprint density at radius 1 is 1.19 bits per heavy atom. The molecule has 2 aliphatic heterocycles. The summed E-state index contributed by atoms with van der Waals surface area (Å²) in [6, 6.07) is 6.79. The molecule has 2 N–H and O–H groups in total. The molecule has 1 aromatic rings. The van der Waals surface area contributed by atoms with Crippen LogP contribution in [0.25, 0.3) is 0 Å². The van der Waals surface area contributed by atoms with Crippen LogP contribution in [0, 0.1) is 0 Å². The van der Waals surface area contributed by atoms with Crippen LogP contribution in [0.4, 0.5) is 11.4 Å². The van der Waals surface area contributed by atoms with Crippen LogP contribution in [0.5, 0.6) is 0 Å². The highest BCUT2D eigenvalue weighted by molar-refractivity contribution is 8.15. The van der Waals surface area contributed by atoms with Crippen molar-refractivity contribution in [2.45, 2.75) is 18.6 Å². The Bertz CT molecular complexity index is 729. The molecule has 138 valence electrons. The van der Waals surface area contributed by atoms with Gasteiger partial charge < -0.3 is 20.3 Å². The lowest BCUT2D eigenvalue weighted by Gasteiger charge is -2.27. The molecule has 0 aromatic heterocycles. The van der Waals surface area contributed by atoms with Crippen LogP contribution in [0.1, 0.15) is 13.3 Å². The van der Waals surface area contributed by atoms with Gasteiger partial charge in [0.1, 0.15) is 5.25 Å². The number of nitrogens with one attached hydrogen (secondary N) is 2. The number of anilines is 2. The van der Waals surface area contributed by atoms with E-state index in [1.807, 2.05) is 4.90 Å². The van der Waals surface area contributed by atoms with Crippen molar-refractivity contribution in [1.82, 2.24) is 4.90 Å². The molecule has 8 nitrogen and oxygen atoms in total. The maximum atomic E-state index is 12.2. The van der Waals surface area contributed by atoms with Crippen LogP contribution < -0.4 is 10.6 Å². The average Bonchev–Trinajstić information content (AvgIpc) is 2.97. The minimum Gasteiger partial charge on any atom is -0.378 e. The van der Waals surface area contributed by atoms with Crippen LogP contribution in [-0.4, -0.2) is 59.3 Å². The van der Waals surface area contributed by atoms with Gasteiger partial charge in [-0.1, -0.05) is 11.8 Å². The lowest BCUT2D eigenvalue weighted by Crippen LogP contribution is -2.39. The molecule has 1 fully saturated rings. The van der Waals surface area contributed by atoms with Crippen molar-refractivity contribution in [3.63, 3.8) is 0 Å². The normalized spacial score (nSPS) is 19.9. The quantitative estimate of drug-likeness (QED) is 0.822. The Morgan fingerprint density at radius 3 is 2.42 bits per heavy atom. The molecule has 9 heteroatoms. The number of amides is 3. The van der Waals surface area contributed by atoms with E-state index < -0.39 is 5.25 Å². The zero-order valence-corrected chi connectivity index (χ0v) is 15.2. The summed E-state index contributed by atoms with van der Waals surface area (Å²) in [5.74, 6) is -0.677. The van der Waals surface area contributed by atoms with Gasteiger partial charge in [-0.15, -0.1) is 0 Å². The molecule has 1 saturated heterocycles. The molecule has 1 aromatic carbocycles. The van der Waals surface area contributed by atoms with Crippen LogP contribution in [0.3, 0.4) is 0 Å². The standard InChI is InChI=1S/C17H20N4O4S/c1-11(22)18-12-2-4-13(5-3-12)19-15(23)10-14-16(24)20-17(26-14)21-6-8-25-9-7-21/h2-5,14H,6-10H2,1H3,(H,18,22)(H,19,23)/t14-/m0/s1. The Labute approximate surface area is 155 Å². The van der Waals surface area contributed by atoms with E-state index in [0.717, 1.165) is 0 Å². The summed E-state index contributed by atoms with van der Waals surface area (Å²) in [5.41, 5.74) is 1.26. The number of aliphatic imine (C=N–C) groups is 1. The van der Waals surface area contributed by atoms with E-state index in [0.29, 0.717) is 42.8 Å². The van der Waals surface area contributed by atoms with Gasteiger partial charge in [0.05, 0.1) is 13.2 Å². The van der Waals surface area contributed by atoms with E-state index in [1.54, 1.807) is 24.3 Å². The molecule has 0 spiro atoms. The van der Waals surface area contributed by atoms with Gasteiger partial charge >= 0.3 is 0 Å². The number of thioether (sulfide) groups is 1. The fraction of sp³-hybridized carbons (Fsp3) is 0.412. The van der Waals surface area contributed by atoms with E-state index in [-0.39, 0.29) is 24.1 Å². The number of morpholine rings is 1. The highest BCUT2D eigenvalue weighted by Gasteiger charge is 2.33. The molecule has 0 aliphatic carbocycles. The number of amidine groups is 1. The van der Waals surface area contributed by atoms with Crippen molar-refractivity contribution in [2.75, 3.05) is 36.9 Å². The van der Waals surface area contributed by atoms with Crippen molar-refractivity contribution in [2.24, 2.45) is 4.99 Å². The van der Waals surface area contributed by atoms with E-state index in [2.05, 4.69) is 15.6 Å². The van der Waals surface area contributed by atoms with Crippen molar-refractivity contribution in [3.8, 4) is 0 Å². The molecule has 0 bridgehead atoms. The van der Waals surface area contributed by atoms with Crippen molar-refractivity contribution >= 4 is 46.0 Å². The summed E-state index contributed by atoms with van der Waals surface area (Å²) in [6.07, 6.45) is 0.0638. The van der Waals surface area contributed by atoms with Crippen molar-refractivity contribution in [3.05, 3.63) is 24.3 Å². The van der Waals surface area contributed by atoms with E-state index in [9.17, 15) is 14.4 Å². The predicted molar refractivity (Wildman–Crippen MR) is 100 cm³/mol. The predicted octanol–water partition coefficient (Wildman–Crippen LogP) is 1.30. The summed E-state index contributed by atoms with van der Waals surface area (Å²) in [5, 5.41) is 5.60. The molecule has 0 saturated carbocycles. The summed E-state index contributed by atoms with van der Waals surface area (Å²) in [7, 11) is 0. The van der Waals surface area contributed by atoms with Gasteiger partial charge in [0.15, 0.2) is 5.17 Å². The summed E-state index contributed by atoms with van der Waals surface area (Å²) in [4.78, 5) is 41.4. The average molecular weight is 376 g/mol. The van der Waals surface area contributed by atoms with Crippen LogP contribution in [0.2, 0.25) is 0 Å². The van der Waals surface area contributed by atoms with Gasteiger partial charge in [0.25, 0.3) is 5.91 Å². The number of carbonyl (C=O) groups excluding carboxylic acids is 3. The first-order valence-electron chi connectivity index (χ1n) is 8.30. The van der Waals surface area contributed by atoms with E-state index >= 15 is 0 Å². The molecule has 3 amide bonds. The number of hydrogen-bond acceptors (Lipinski definition) is 6. The fourth-order valence-electron chi connectivity index (χ4n) is 2.62. The number of hydrogen-bond donors (Lipinski definition) is 2. The Hall–Kier alpha value is -2.39. The second-order valence-corrected chi connectivity index (χ2v) is 7.12. The number of nitrogens with zero attached hydrogens (tertiary/aromatic N) is 2. The van der Waals surface area contributed by atoms with Gasteiger partial charge in [-0.2, -0.15) is 4.99 Å². The molecule has 0 unspecified atom stereocenters. The zero-order chi connectivity index (χ0) is 18.5. The highest BCUT2D eigenvalue weighted by atomic mass is 32.2. The molecule has 0 radical (unpaired) electrons. The monoisotopic (exact) mass is 376 g/mol. The van der Waals surface area contributed by atoms with E-state index in [1.165, 1.54) is 18.7 Å². The second kappa shape index (κ2) is 8.33. The van der Waals surface area contributed by atoms with E-state index in [4.69, 9.17) is 4.74 Å². The minimum atomic E-state index is -0.494. The topological polar surface area (TPSA) is 100 Å². The van der Waals surface area contributed by atoms with Crippen LogP contribution >= 0.6 is 11.8 Å². The molecule has 1 atom stereocenters. The van der Waals surface area contributed by atoms with Gasteiger partial charge in [-0.05, 0) is 24.3 Å². The third kappa shape index (κ3) is 4.83. The zero-order valence-electron chi connectivity index (χ0n) is 14.4. The minimum absolute atomic E-state index is 0.0638. The summed E-state index contributed by atoms with van der Waals surface area (Å²) >= 11 is 1.34. The molecule has 3 rings (SSSR count). The van der Waals surface area contributed by atoms with Gasteiger partial charge in [-0.3, -0.25) is 14.4 Å². The smallest absolute Gasteiger partial charge is 0.262 e. The lowest BCUT2D eigenvalue weighted by atomic mass is 10.2. The Kier molecular flexibility index (Phi) is 5.89. The first-order valence-corrected chi connectivity index (χ1v) is 9.18. The lowest BCUT2D eigenvalue weighted by molar-refractivity contribution is -0.121. The maximum absolute atomic E-state index is 12.2. The highest BCUT2D eigenvalue weighted by Crippen LogP contribution is 2.28. The molecule has 26 heavy (non-hydrogen) atoms. The first kappa shape index (κ1) is 18.4. The Balaban J connectivity index is 1.50. The largest absolute Gasteiger partial charge is 0.378 e. The summed E-state index contributed by atoms with van der Waals surface area (Å²) < 4.78 is 5.30. The molecular weight excluding hydrogens is 356 g/mol. The number of rotatable bonds is 4.